The lowest BCUT2D eigenvalue weighted by Gasteiger charge is -2.24. The average molecular weight is 301 g/mol. The largest absolute Gasteiger partial charge is 0.409 e. The van der Waals surface area contributed by atoms with E-state index in [1.54, 1.807) is 4.90 Å². The molecule has 2 rings (SSSR count). The Labute approximate surface area is 121 Å². The van der Waals surface area contributed by atoms with Gasteiger partial charge in [0.25, 0.3) is 0 Å². The standard InChI is InChI=1S/C14H18F3N3O/c15-14(16,17)12(13(18)19-21)9-20-7-6-11(8-20)10-4-2-1-3-5-10/h1-5,11-12,21H,6-9H2,(H2,18,19). The number of alkyl halides is 3. The van der Waals surface area contributed by atoms with Crippen LogP contribution in [0.5, 0.6) is 0 Å². The molecular weight excluding hydrogens is 283 g/mol. The summed E-state index contributed by atoms with van der Waals surface area (Å²) >= 11 is 0. The highest BCUT2D eigenvalue weighted by atomic mass is 19.4. The van der Waals surface area contributed by atoms with Crippen LogP contribution in [0.1, 0.15) is 17.9 Å². The molecule has 1 heterocycles. The summed E-state index contributed by atoms with van der Waals surface area (Å²) in [4.78, 5) is 1.72. The van der Waals surface area contributed by atoms with E-state index in [-0.39, 0.29) is 12.5 Å². The van der Waals surface area contributed by atoms with Crippen LogP contribution < -0.4 is 5.73 Å². The fourth-order valence-corrected chi connectivity index (χ4v) is 2.69. The second kappa shape index (κ2) is 6.34. The second-order valence-corrected chi connectivity index (χ2v) is 5.27. The molecule has 1 aromatic carbocycles. The third-order valence-electron chi connectivity index (χ3n) is 3.85. The van der Waals surface area contributed by atoms with Crippen molar-refractivity contribution in [3.63, 3.8) is 0 Å². The quantitative estimate of drug-likeness (QED) is 0.388. The molecule has 0 amide bonds. The summed E-state index contributed by atoms with van der Waals surface area (Å²) in [5, 5.41) is 11.0. The van der Waals surface area contributed by atoms with Gasteiger partial charge in [-0.2, -0.15) is 13.2 Å². The van der Waals surface area contributed by atoms with Gasteiger partial charge in [0.1, 0.15) is 5.92 Å². The van der Waals surface area contributed by atoms with E-state index in [1.165, 1.54) is 0 Å². The van der Waals surface area contributed by atoms with Gasteiger partial charge in [-0.15, -0.1) is 0 Å². The number of halogens is 3. The topological polar surface area (TPSA) is 61.9 Å². The van der Waals surface area contributed by atoms with Crippen LogP contribution in [0.3, 0.4) is 0 Å². The first-order valence-electron chi connectivity index (χ1n) is 6.73. The molecule has 0 aromatic heterocycles. The number of nitrogens with zero attached hydrogens (tertiary/aromatic N) is 2. The summed E-state index contributed by atoms with van der Waals surface area (Å²) in [7, 11) is 0. The van der Waals surface area contributed by atoms with Gasteiger partial charge in [0.2, 0.25) is 0 Å². The first kappa shape index (κ1) is 15.6. The molecule has 116 valence electrons. The molecule has 1 saturated heterocycles. The molecule has 7 heteroatoms. The maximum absolute atomic E-state index is 12.9. The van der Waals surface area contributed by atoms with Gasteiger partial charge >= 0.3 is 6.18 Å². The molecule has 0 radical (unpaired) electrons. The SMILES string of the molecule is N/C(=N/O)C(CN1CCC(c2ccccc2)C1)C(F)(F)F. The molecule has 2 unspecified atom stereocenters. The molecule has 3 N–H and O–H groups in total. The minimum atomic E-state index is -4.51. The highest BCUT2D eigenvalue weighted by molar-refractivity contribution is 5.83. The normalized spacial score (nSPS) is 22.4. The molecule has 0 bridgehead atoms. The maximum atomic E-state index is 12.9. The molecule has 21 heavy (non-hydrogen) atoms. The lowest BCUT2D eigenvalue weighted by atomic mass is 9.99. The van der Waals surface area contributed by atoms with E-state index in [2.05, 4.69) is 5.16 Å². The van der Waals surface area contributed by atoms with Crippen LogP contribution in [-0.2, 0) is 0 Å². The van der Waals surface area contributed by atoms with E-state index in [1.807, 2.05) is 30.3 Å². The van der Waals surface area contributed by atoms with E-state index < -0.39 is 17.9 Å². The highest BCUT2D eigenvalue weighted by Crippen LogP contribution is 2.31. The van der Waals surface area contributed by atoms with Crippen molar-refractivity contribution < 1.29 is 18.4 Å². The Hall–Kier alpha value is -1.76. The monoisotopic (exact) mass is 301 g/mol. The molecular formula is C14H18F3N3O. The van der Waals surface area contributed by atoms with Crippen LogP contribution in [0, 0.1) is 5.92 Å². The Balaban J connectivity index is 2.01. The molecule has 1 fully saturated rings. The average Bonchev–Trinajstić information content (AvgIpc) is 2.92. The lowest BCUT2D eigenvalue weighted by Crippen LogP contribution is -2.43. The number of benzene rings is 1. The third-order valence-corrected chi connectivity index (χ3v) is 3.85. The van der Waals surface area contributed by atoms with Crippen LogP contribution >= 0.6 is 0 Å². The van der Waals surface area contributed by atoms with Crippen LogP contribution in [0.15, 0.2) is 35.5 Å². The minimum absolute atomic E-state index is 0.229. The number of amidine groups is 1. The molecule has 2 atom stereocenters. The van der Waals surface area contributed by atoms with Crippen molar-refractivity contribution in [2.75, 3.05) is 19.6 Å². The van der Waals surface area contributed by atoms with Gasteiger partial charge in [0.05, 0.1) is 0 Å². The van der Waals surface area contributed by atoms with Gasteiger partial charge in [-0.05, 0) is 24.4 Å². The van der Waals surface area contributed by atoms with E-state index in [4.69, 9.17) is 10.9 Å². The summed E-state index contributed by atoms with van der Waals surface area (Å²) in [5.41, 5.74) is 6.31. The Morgan fingerprint density at radius 1 is 1.38 bits per heavy atom. The number of hydrogen-bond donors (Lipinski definition) is 2. The Morgan fingerprint density at radius 3 is 2.62 bits per heavy atom. The molecule has 1 aliphatic heterocycles. The van der Waals surface area contributed by atoms with Crippen molar-refractivity contribution in [3.8, 4) is 0 Å². The highest BCUT2D eigenvalue weighted by Gasteiger charge is 2.44. The zero-order valence-electron chi connectivity index (χ0n) is 11.4. The number of likely N-dealkylation sites (tertiary alicyclic amines) is 1. The summed E-state index contributed by atoms with van der Waals surface area (Å²) in [5.74, 6) is -2.49. The Kier molecular flexibility index (Phi) is 4.72. The van der Waals surface area contributed by atoms with Gasteiger partial charge in [0.15, 0.2) is 5.84 Å². The maximum Gasteiger partial charge on any atom is 0.400 e. The van der Waals surface area contributed by atoms with Gasteiger partial charge in [-0.1, -0.05) is 35.5 Å². The first-order valence-corrected chi connectivity index (χ1v) is 6.73. The van der Waals surface area contributed by atoms with Crippen molar-refractivity contribution in [1.82, 2.24) is 4.90 Å². The predicted octanol–water partition coefficient (Wildman–Crippen LogP) is 2.40. The van der Waals surface area contributed by atoms with E-state index in [0.29, 0.717) is 13.1 Å². The fraction of sp³-hybridized carbons (Fsp3) is 0.500. The van der Waals surface area contributed by atoms with Gasteiger partial charge < -0.3 is 15.8 Å². The Morgan fingerprint density at radius 2 is 2.05 bits per heavy atom. The number of rotatable bonds is 4. The van der Waals surface area contributed by atoms with Gasteiger partial charge in [0, 0.05) is 13.1 Å². The zero-order chi connectivity index (χ0) is 15.5. The number of nitrogens with two attached hydrogens (primary N) is 1. The first-order chi connectivity index (χ1) is 9.91. The van der Waals surface area contributed by atoms with Crippen LogP contribution in [-0.4, -0.2) is 41.8 Å². The van der Waals surface area contributed by atoms with Crippen LogP contribution in [0.4, 0.5) is 13.2 Å². The lowest BCUT2D eigenvalue weighted by molar-refractivity contribution is -0.159. The van der Waals surface area contributed by atoms with E-state index in [0.717, 1.165) is 12.0 Å². The van der Waals surface area contributed by atoms with E-state index in [9.17, 15) is 13.2 Å². The molecule has 0 saturated carbocycles. The second-order valence-electron chi connectivity index (χ2n) is 5.27. The molecule has 4 nitrogen and oxygen atoms in total. The summed E-state index contributed by atoms with van der Waals surface area (Å²) in [6.45, 7) is 0.850. The Bertz CT molecular complexity index is 490. The van der Waals surface area contributed by atoms with E-state index >= 15 is 0 Å². The molecule has 1 aliphatic rings. The zero-order valence-corrected chi connectivity index (χ0v) is 11.4. The van der Waals surface area contributed by atoms with Crippen molar-refractivity contribution >= 4 is 5.84 Å². The van der Waals surface area contributed by atoms with Crippen molar-refractivity contribution in [2.45, 2.75) is 18.5 Å². The molecule has 0 spiro atoms. The number of oxime groups is 1. The van der Waals surface area contributed by atoms with Crippen LogP contribution in [0.25, 0.3) is 0 Å². The fourth-order valence-electron chi connectivity index (χ4n) is 2.69. The minimum Gasteiger partial charge on any atom is -0.409 e. The van der Waals surface area contributed by atoms with Crippen molar-refractivity contribution in [2.24, 2.45) is 16.8 Å². The van der Waals surface area contributed by atoms with Gasteiger partial charge in [-0.25, -0.2) is 0 Å². The molecule has 0 aliphatic carbocycles. The molecule has 1 aromatic rings. The summed E-state index contributed by atoms with van der Waals surface area (Å²) in [6, 6.07) is 9.73. The summed E-state index contributed by atoms with van der Waals surface area (Å²) < 4.78 is 38.8. The summed E-state index contributed by atoms with van der Waals surface area (Å²) in [6.07, 6.45) is -3.70. The third kappa shape index (κ3) is 3.87. The van der Waals surface area contributed by atoms with Crippen molar-refractivity contribution in [3.05, 3.63) is 35.9 Å². The van der Waals surface area contributed by atoms with Crippen molar-refractivity contribution in [1.29, 1.82) is 0 Å². The van der Waals surface area contributed by atoms with Crippen LogP contribution in [0.2, 0.25) is 0 Å². The van der Waals surface area contributed by atoms with Gasteiger partial charge in [-0.3, -0.25) is 0 Å². The predicted molar refractivity (Wildman–Crippen MR) is 73.2 cm³/mol. The number of hydrogen-bond acceptors (Lipinski definition) is 3. The smallest absolute Gasteiger partial charge is 0.400 e.